The minimum atomic E-state index is -0.549. The first-order valence-corrected chi connectivity index (χ1v) is 8.74. The number of ether oxygens (including phenoxy) is 1. The van der Waals surface area contributed by atoms with Gasteiger partial charge in [0.15, 0.2) is 0 Å². The predicted octanol–water partition coefficient (Wildman–Crippen LogP) is 2.79. The number of hydrogen-bond acceptors (Lipinski definition) is 4. The van der Waals surface area contributed by atoms with Gasteiger partial charge in [0.2, 0.25) is 0 Å². The van der Waals surface area contributed by atoms with Crippen LogP contribution < -0.4 is 5.56 Å². The Kier molecular flexibility index (Phi) is 8.61. The quantitative estimate of drug-likeness (QED) is 0.521. The Morgan fingerprint density at radius 2 is 1.77 bits per heavy atom. The summed E-state index contributed by atoms with van der Waals surface area (Å²) in [6, 6.07) is 9.26. The van der Waals surface area contributed by atoms with Gasteiger partial charge < -0.3 is 9.64 Å². The van der Waals surface area contributed by atoms with Crippen molar-refractivity contribution in [1.29, 1.82) is 0 Å². The van der Waals surface area contributed by atoms with Crippen molar-refractivity contribution in [3.05, 3.63) is 51.9 Å². The number of halogens is 1. The highest BCUT2D eigenvalue weighted by Gasteiger charge is 2.23. The average molecular weight is 382 g/mol. The molecule has 0 spiro atoms. The molecule has 0 N–H and O–H groups in total. The third kappa shape index (κ3) is 4.77. The molecule has 1 aromatic carbocycles. The maximum atomic E-state index is 12.7. The number of para-hydroxylation sites is 1. The summed E-state index contributed by atoms with van der Waals surface area (Å²) in [5.74, 6) is -0.549. The van der Waals surface area contributed by atoms with Gasteiger partial charge in [-0.25, -0.2) is 9.48 Å². The molecular weight excluding hydrogens is 354 g/mol. The maximum absolute atomic E-state index is 12.7. The molecule has 1 heterocycles. The number of esters is 1. The van der Waals surface area contributed by atoms with Crippen LogP contribution >= 0.6 is 12.4 Å². The lowest BCUT2D eigenvalue weighted by Crippen LogP contribution is -2.26. The summed E-state index contributed by atoms with van der Waals surface area (Å²) in [6.07, 6.45) is 0.756. The first-order valence-electron chi connectivity index (χ1n) is 8.74. The lowest BCUT2D eigenvalue weighted by atomic mass is 10.2. The molecule has 0 atom stereocenters. The summed E-state index contributed by atoms with van der Waals surface area (Å²) in [5.41, 5.74) is 1.08. The fraction of sp³-hybridized carbons (Fsp3) is 0.474. The highest BCUT2D eigenvalue weighted by molar-refractivity contribution is 5.90. The second-order valence-electron chi connectivity index (χ2n) is 5.95. The molecule has 0 aliphatic heterocycles. The van der Waals surface area contributed by atoms with Gasteiger partial charge in [-0.15, -0.1) is 12.4 Å². The lowest BCUT2D eigenvalue weighted by molar-refractivity contribution is 0.0487. The normalized spacial score (nSPS) is 10.7. The monoisotopic (exact) mass is 381 g/mol. The van der Waals surface area contributed by atoms with Crippen molar-refractivity contribution in [3.8, 4) is 5.69 Å². The van der Waals surface area contributed by atoms with E-state index in [0.717, 1.165) is 31.7 Å². The third-order valence-electron chi connectivity index (χ3n) is 4.50. The first-order chi connectivity index (χ1) is 12.0. The van der Waals surface area contributed by atoms with E-state index in [1.54, 1.807) is 18.7 Å². The van der Waals surface area contributed by atoms with Crippen LogP contribution in [0.25, 0.3) is 5.69 Å². The molecule has 1 aromatic heterocycles. The molecule has 0 fully saturated rings. The van der Waals surface area contributed by atoms with Crippen molar-refractivity contribution in [1.82, 2.24) is 14.3 Å². The fourth-order valence-electron chi connectivity index (χ4n) is 2.87. The molecular formula is C19H28ClN3O3. The van der Waals surface area contributed by atoms with E-state index in [1.807, 2.05) is 30.3 Å². The predicted molar refractivity (Wildman–Crippen MR) is 106 cm³/mol. The molecule has 2 rings (SSSR count). The average Bonchev–Trinajstić information content (AvgIpc) is 2.85. The zero-order valence-electron chi connectivity index (χ0n) is 15.9. The molecule has 2 aromatic rings. The van der Waals surface area contributed by atoms with Gasteiger partial charge in [0.05, 0.1) is 18.0 Å². The zero-order chi connectivity index (χ0) is 18.4. The molecule has 0 amide bonds. The lowest BCUT2D eigenvalue weighted by Gasteiger charge is -2.17. The van der Waals surface area contributed by atoms with E-state index < -0.39 is 5.97 Å². The van der Waals surface area contributed by atoms with Crippen molar-refractivity contribution in [2.45, 2.75) is 27.2 Å². The van der Waals surface area contributed by atoms with E-state index in [2.05, 4.69) is 18.7 Å². The Balaban J connectivity index is 0.00000338. The van der Waals surface area contributed by atoms with Crippen molar-refractivity contribution < 1.29 is 9.53 Å². The molecule has 0 saturated heterocycles. The molecule has 0 radical (unpaired) electrons. The van der Waals surface area contributed by atoms with Crippen LogP contribution in [0.3, 0.4) is 0 Å². The summed E-state index contributed by atoms with van der Waals surface area (Å²) in [6.45, 7) is 9.11. The van der Waals surface area contributed by atoms with Gasteiger partial charge in [-0.1, -0.05) is 32.0 Å². The largest absolute Gasteiger partial charge is 0.462 e. The van der Waals surface area contributed by atoms with Crippen molar-refractivity contribution in [2.24, 2.45) is 7.05 Å². The highest BCUT2D eigenvalue weighted by Crippen LogP contribution is 2.11. The van der Waals surface area contributed by atoms with E-state index in [4.69, 9.17) is 4.74 Å². The Morgan fingerprint density at radius 1 is 1.15 bits per heavy atom. The Morgan fingerprint density at radius 3 is 2.35 bits per heavy atom. The number of rotatable bonds is 8. The Labute approximate surface area is 160 Å². The number of aromatic nitrogens is 2. The van der Waals surface area contributed by atoms with E-state index in [-0.39, 0.29) is 23.5 Å². The van der Waals surface area contributed by atoms with Crippen LogP contribution in [-0.2, 0) is 11.8 Å². The third-order valence-corrected chi connectivity index (χ3v) is 4.50. The molecule has 144 valence electrons. The van der Waals surface area contributed by atoms with Gasteiger partial charge in [0.1, 0.15) is 5.56 Å². The van der Waals surface area contributed by atoms with Crippen LogP contribution in [0.2, 0.25) is 0 Å². The first kappa shape index (κ1) is 22.0. The minimum Gasteiger partial charge on any atom is -0.462 e. The van der Waals surface area contributed by atoms with Crippen LogP contribution in [0, 0.1) is 6.92 Å². The van der Waals surface area contributed by atoms with Gasteiger partial charge in [-0.3, -0.25) is 9.48 Å². The molecule has 0 saturated carbocycles. The van der Waals surface area contributed by atoms with Gasteiger partial charge in [-0.2, -0.15) is 0 Å². The Hall–Kier alpha value is -2.05. The summed E-state index contributed by atoms with van der Waals surface area (Å²) in [4.78, 5) is 27.4. The maximum Gasteiger partial charge on any atom is 0.345 e. The number of carbonyl (C=O) groups excluding carboxylic acids is 1. The van der Waals surface area contributed by atoms with Gasteiger partial charge in [0.25, 0.3) is 5.56 Å². The van der Waals surface area contributed by atoms with E-state index in [9.17, 15) is 9.59 Å². The summed E-state index contributed by atoms with van der Waals surface area (Å²) >= 11 is 0. The molecule has 6 nitrogen and oxygen atoms in total. The molecule has 0 bridgehead atoms. The standard InChI is InChI=1S/C19H27N3O3.ClH/c1-5-21(6-2)13-10-14-25-19(24)17-15(3)20(4)22(18(17)23)16-11-8-7-9-12-16;/h7-9,11-12H,5-6,10,13-14H2,1-4H3;1H. The summed E-state index contributed by atoms with van der Waals surface area (Å²) < 4.78 is 8.51. The second-order valence-corrected chi connectivity index (χ2v) is 5.95. The molecule has 0 aliphatic rings. The molecule has 7 heteroatoms. The number of carbonyl (C=O) groups is 1. The van der Waals surface area contributed by atoms with Crippen molar-refractivity contribution >= 4 is 18.4 Å². The zero-order valence-corrected chi connectivity index (χ0v) is 16.7. The molecule has 0 unspecified atom stereocenters. The fourth-order valence-corrected chi connectivity index (χ4v) is 2.87. The second kappa shape index (κ2) is 10.2. The number of nitrogens with zero attached hydrogens (tertiary/aromatic N) is 3. The smallest absolute Gasteiger partial charge is 0.345 e. The van der Waals surface area contributed by atoms with Crippen LogP contribution in [0.4, 0.5) is 0 Å². The minimum absolute atomic E-state index is 0. The van der Waals surface area contributed by atoms with E-state index in [0.29, 0.717) is 12.3 Å². The summed E-state index contributed by atoms with van der Waals surface area (Å²) in [7, 11) is 1.76. The van der Waals surface area contributed by atoms with E-state index >= 15 is 0 Å². The topological polar surface area (TPSA) is 56.5 Å². The number of benzene rings is 1. The van der Waals surface area contributed by atoms with Gasteiger partial charge in [0, 0.05) is 13.6 Å². The van der Waals surface area contributed by atoms with Crippen LogP contribution in [0.1, 0.15) is 36.3 Å². The number of hydrogen-bond donors (Lipinski definition) is 0. The van der Waals surface area contributed by atoms with Crippen LogP contribution in [-0.4, -0.2) is 46.5 Å². The SMILES string of the molecule is CCN(CC)CCCOC(=O)c1c(C)n(C)n(-c2ccccc2)c1=O.Cl. The van der Waals surface area contributed by atoms with Crippen LogP contribution in [0.15, 0.2) is 35.1 Å². The van der Waals surface area contributed by atoms with Gasteiger partial charge >= 0.3 is 5.97 Å². The summed E-state index contributed by atoms with van der Waals surface area (Å²) in [5, 5.41) is 0. The highest BCUT2D eigenvalue weighted by atomic mass is 35.5. The van der Waals surface area contributed by atoms with Gasteiger partial charge in [-0.05, 0) is 38.6 Å². The van der Waals surface area contributed by atoms with Crippen LogP contribution in [0.5, 0.6) is 0 Å². The van der Waals surface area contributed by atoms with E-state index in [1.165, 1.54) is 4.68 Å². The van der Waals surface area contributed by atoms with Crippen molar-refractivity contribution in [2.75, 3.05) is 26.2 Å². The molecule has 26 heavy (non-hydrogen) atoms. The van der Waals surface area contributed by atoms with Crippen molar-refractivity contribution in [3.63, 3.8) is 0 Å². The Bertz CT molecular complexity index is 764. The molecule has 0 aliphatic carbocycles.